The van der Waals surface area contributed by atoms with Crippen molar-refractivity contribution in [3.8, 4) is 0 Å². The standard InChI is InChI=1S/C17H29B/c1-10-13(5)15(7)16(8)18(9)17(12(3)4)14(6)11-2/h11H,5,10H2,1-4,6-9H3/b14-11-,16-15+. The molecule has 0 radical (unpaired) electrons. The summed E-state index contributed by atoms with van der Waals surface area (Å²) in [6, 6.07) is 0. The Hall–Kier alpha value is -0.975. The summed E-state index contributed by atoms with van der Waals surface area (Å²) in [5.41, 5.74) is 8.33. The zero-order chi connectivity index (χ0) is 14.5. The molecule has 0 saturated carbocycles. The first kappa shape index (κ1) is 17.0. The molecule has 0 amide bonds. The van der Waals surface area contributed by atoms with Crippen molar-refractivity contribution in [2.24, 2.45) is 0 Å². The fraction of sp³-hybridized carbons (Fsp3) is 0.529. The monoisotopic (exact) mass is 244 g/mol. The van der Waals surface area contributed by atoms with Gasteiger partial charge in [0.25, 0.3) is 0 Å². The maximum atomic E-state index is 4.16. The molecule has 0 aromatic heterocycles. The molecule has 0 aliphatic rings. The minimum absolute atomic E-state index is 0.467. The lowest BCUT2D eigenvalue weighted by Crippen LogP contribution is -2.18. The first-order valence-electron chi connectivity index (χ1n) is 6.93. The third kappa shape index (κ3) is 4.05. The van der Waals surface area contributed by atoms with Crippen molar-refractivity contribution in [3.63, 3.8) is 0 Å². The predicted octanol–water partition coefficient (Wildman–Crippen LogP) is 5.79. The van der Waals surface area contributed by atoms with Gasteiger partial charge in [-0.05, 0) is 41.0 Å². The van der Waals surface area contributed by atoms with Gasteiger partial charge in [-0.25, -0.2) is 0 Å². The highest BCUT2D eigenvalue weighted by atomic mass is 14.0. The number of hydrogen-bond donors (Lipinski definition) is 0. The summed E-state index contributed by atoms with van der Waals surface area (Å²) in [6.07, 6.45) is 3.23. The van der Waals surface area contributed by atoms with Gasteiger partial charge in [-0.15, -0.1) is 0 Å². The van der Waals surface area contributed by atoms with Gasteiger partial charge < -0.3 is 0 Å². The maximum Gasteiger partial charge on any atom is 0.201 e. The zero-order valence-corrected chi connectivity index (χ0v) is 13.6. The van der Waals surface area contributed by atoms with Crippen LogP contribution in [0.3, 0.4) is 0 Å². The van der Waals surface area contributed by atoms with Crippen LogP contribution in [0.4, 0.5) is 0 Å². The minimum Gasteiger partial charge on any atom is -0.0957 e. The Kier molecular flexibility index (Phi) is 7.05. The molecule has 0 aliphatic heterocycles. The summed E-state index contributed by atoms with van der Waals surface area (Å²) in [5, 5.41) is 0. The molecular formula is C17H29B. The third-order valence-corrected chi connectivity index (χ3v) is 4.03. The summed E-state index contributed by atoms with van der Waals surface area (Å²) in [7, 11) is 0. The third-order valence-electron chi connectivity index (χ3n) is 4.03. The van der Waals surface area contributed by atoms with Gasteiger partial charge in [-0.2, -0.15) is 0 Å². The molecule has 1 heteroatoms. The number of allylic oxidation sites excluding steroid dienone is 7. The van der Waals surface area contributed by atoms with Gasteiger partial charge >= 0.3 is 0 Å². The van der Waals surface area contributed by atoms with E-state index in [-0.39, 0.29) is 0 Å². The molecule has 0 fully saturated rings. The fourth-order valence-corrected chi connectivity index (χ4v) is 2.41. The average Bonchev–Trinajstić information content (AvgIpc) is 2.35. The zero-order valence-electron chi connectivity index (χ0n) is 13.6. The quantitative estimate of drug-likeness (QED) is 0.424. The number of hydrogen-bond acceptors (Lipinski definition) is 0. The SMILES string of the molecule is C=C(CC)/C(C)=C(\C)B(C)C(=C(C)C)/C(C)=C\C. The van der Waals surface area contributed by atoms with Crippen molar-refractivity contribution < 1.29 is 0 Å². The van der Waals surface area contributed by atoms with Gasteiger partial charge in [0.2, 0.25) is 6.71 Å². The Morgan fingerprint density at radius 3 is 1.94 bits per heavy atom. The van der Waals surface area contributed by atoms with Gasteiger partial charge in [0.1, 0.15) is 0 Å². The van der Waals surface area contributed by atoms with E-state index in [9.17, 15) is 0 Å². The largest absolute Gasteiger partial charge is 0.201 e. The topological polar surface area (TPSA) is 0 Å². The molecule has 0 aromatic carbocycles. The van der Waals surface area contributed by atoms with E-state index in [1.165, 1.54) is 33.2 Å². The van der Waals surface area contributed by atoms with E-state index in [0.29, 0.717) is 6.71 Å². The summed E-state index contributed by atoms with van der Waals surface area (Å²) < 4.78 is 0. The first-order chi connectivity index (χ1) is 8.27. The van der Waals surface area contributed by atoms with E-state index in [1.807, 2.05) is 0 Å². The fourth-order valence-electron chi connectivity index (χ4n) is 2.41. The van der Waals surface area contributed by atoms with Crippen LogP contribution in [-0.4, -0.2) is 6.71 Å². The summed E-state index contributed by atoms with van der Waals surface area (Å²) in [5.74, 6) is 0. The minimum atomic E-state index is 0.467. The van der Waals surface area contributed by atoms with Crippen LogP contribution in [0.25, 0.3) is 0 Å². The average molecular weight is 244 g/mol. The molecule has 0 spiro atoms. The van der Waals surface area contributed by atoms with Gasteiger partial charge in [0.05, 0.1) is 0 Å². The molecule has 0 saturated heterocycles. The normalized spacial score (nSPS) is 13.0. The molecule has 0 aromatic rings. The molecule has 0 unspecified atom stereocenters. The molecular weight excluding hydrogens is 215 g/mol. The van der Waals surface area contributed by atoms with Crippen molar-refractivity contribution in [1.29, 1.82) is 0 Å². The van der Waals surface area contributed by atoms with Crippen LogP contribution in [0.15, 0.2) is 45.9 Å². The highest BCUT2D eigenvalue weighted by molar-refractivity contribution is 6.73. The summed E-state index contributed by atoms with van der Waals surface area (Å²) in [4.78, 5) is 0. The van der Waals surface area contributed by atoms with Gasteiger partial charge in [0, 0.05) is 0 Å². The Labute approximate surface area is 115 Å². The second-order valence-corrected chi connectivity index (χ2v) is 5.37. The van der Waals surface area contributed by atoms with Crippen LogP contribution in [-0.2, 0) is 0 Å². The highest BCUT2D eigenvalue weighted by Gasteiger charge is 2.19. The van der Waals surface area contributed by atoms with Gasteiger partial charge in [-0.3, -0.25) is 0 Å². The van der Waals surface area contributed by atoms with E-state index in [1.54, 1.807) is 0 Å². The van der Waals surface area contributed by atoms with Gasteiger partial charge in [-0.1, -0.05) is 66.6 Å². The van der Waals surface area contributed by atoms with E-state index in [4.69, 9.17) is 0 Å². The molecule has 0 rings (SSSR count). The van der Waals surface area contributed by atoms with E-state index in [2.05, 4.69) is 67.9 Å². The lowest BCUT2D eigenvalue weighted by molar-refractivity contribution is 1.10. The molecule has 0 heterocycles. The summed E-state index contributed by atoms with van der Waals surface area (Å²) >= 11 is 0. The summed E-state index contributed by atoms with van der Waals surface area (Å²) in [6.45, 7) is 22.3. The van der Waals surface area contributed by atoms with Crippen LogP contribution in [0.1, 0.15) is 54.9 Å². The van der Waals surface area contributed by atoms with E-state index < -0.39 is 0 Å². The Morgan fingerprint density at radius 2 is 1.61 bits per heavy atom. The smallest absolute Gasteiger partial charge is 0.0957 e. The second kappa shape index (κ2) is 7.46. The van der Waals surface area contributed by atoms with Crippen molar-refractivity contribution in [1.82, 2.24) is 0 Å². The van der Waals surface area contributed by atoms with Crippen LogP contribution < -0.4 is 0 Å². The molecule has 0 aliphatic carbocycles. The van der Waals surface area contributed by atoms with Crippen molar-refractivity contribution in [3.05, 3.63) is 45.9 Å². The first-order valence-corrected chi connectivity index (χ1v) is 6.93. The Bertz CT molecular complexity index is 401. The Balaban J connectivity index is 5.58. The Morgan fingerprint density at radius 1 is 1.11 bits per heavy atom. The second-order valence-electron chi connectivity index (χ2n) is 5.37. The molecule has 0 atom stereocenters. The molecule has 18 heavy (non-hydrogen) atoms. The molecule has 0 bridgehead atoms. The molecule has 0 nitrogen and oxygen atoms in total. The van der Waals surface area contributed by atoms with Crippen LogP contribution in [0.2, 0.25) is 6.82 Å². The van der Waals surface area contributed by atoms with E-state index >= 15 is 0 Å². The lowest BCUT2D eigenvalue weighted by atomic mass is 9.39. The van der Waals surface area contributed by atoms with Crippen molar-refractivity contribution in [2.75, 3.05) is 0 Å². The number of rotatable bonds is 5. The van der Waals surface area contributed by atoms with Crippen LogP contribution in [0.5, 0.6) is 0 Å². The lowest BCUT2D eigenvalue weighted by Gasteiger charge is -2.20. The molecule has 0 N–H and O–H groups in total. The maximum absolute atomic E-state index is 4.16. The highest BCUT2D eigenvalue weighted by Crippen LogP contribution is 2.26. The predicted molar refractivity (Wildman–Crippen MR) is 87.2 cm³/mol. The van der Waals surface area contributed by atoms with Crippen molar-refractivity contribution >= 4 is 6.71 Å². The van der Waals surface area contributed by atoms with Crippen LogP contribution in [0, 0.1) is 0 Å². The van der Waals surface area contributed by atoms with Crippen molar-refractivity contribution in [2.45, 2.75) is 61.7 Å². The van der Waals surface area contributed by atoms with Gasteiger partial charge in [0.15, 0.2) is 0 Å². The molecule has 100 valence electrons. The van der Waals surface area contributed by atoms with Crippen LogP contribution >= 0.6 is 0 Å². The van der Waals surface area contributed by atoms with E-state index in [0.717, 1.165) is 6.42 Å².